The summed E-state index contributed by atoms with van der Waals surface area (Å²) in [5.41, 5.74) is 1.64. The maximum Gasteiger partial charge on any atom is 0.245 e. The van der Waals surface area contributed by atoms with E-state index in [0.717, 1.165) is 11.3 Å². The minimum atomic E-state index is -0.235. The van der Waals surface area contributed by atoms with Crippen molar-refractivity contribution < 1.29 is 4.79 Å². The fourth-order valence-corrected chi connectivity index (χ4v) is 2.54. The van der Waals surface area contributed by atoms with Gasteiger partial charge in [0.25, 0.3) is 0 Å². The van der Waals surface area contributed by atoms with Crippen molar-refractivity contribution in [1.82, 2.24) is 19.7 Å². The maximum absolute atomic E-state index is 12.3. The van der Waals surface area contributed by atoms with E-state index in [4.69, 9.17) is 23.8 Å². The van der Waals surface area contributed by atoms with Crippen LogP contribution in [-0.2, 0) is 11.3 Å². The van der Waals surface area contributed by atoms with Crippen LogP contribution in [0.25, 0.3) is 11.4 Å². The molecule has 8 heteroatoms. The minimum Gasteiger partial charge on any atom is -0.309 e. The van der Waals surface area contributed by atoms with E-state index in [9.17, 15) is 4.79 Å². The molecule has 0 aliphatic rings. The first-order valence-electron chi connectivity index (χ1n) is 7.17. The number of H-pyrrole nitrogens is 1. The Morgan fingerprint density at radius 3 is 2.75 bits per heavy atom. The summed E-state index contributed by atoms with van der Waals surface area (Å²) in [6, 6.07) is 12.6. The van der Waals surface area contributed by atoms with E-state index in [1.807, 2.05) is 31.2 Å². The van der Waals surface area contributed by atoms with Gasteiger partial charge in [0.05, 0.1) is 0 Å². The van der Waals surface area contributed by atoms with Gasteiger partial charge in [0.2, 0.25) is 5.91 Å². The number of carbonyl (C=O) groups excluding carboxylic acids is 1. The van der Waals surface area contributed by atoms with Crippen LogP contribution >= 0.6 is 23.8 Å². The molecule has 0 saturated heterocycles. The molecule has 0 aliphatic heterocycles. The Morgan fingerprint density at radius 1 is 1.29 bits per heavy atom. The number of hydrogen-bond acceptors (Lipinski definition) is 4. The first-order chi connectivity index (χ1) is 11.5. The van der Waals surface area contributed by atoms with Crippen LogP contribution in [0.3, 0.4) is 0 Å². The van der Waals surface area contributed by atoms with Crippen LogP contribution in [0.5, 0.6) is 0 Å². The van der Waals surface area contributed by atoms with E-state index >= 15 is 0 Å². The van der Waals surface area contributed by atoms with Crippen molar-refractivity contribution in [3.8, 4) is 11.4 Å². The normalized spacial score (nSPS) is 10.6. The Kier molecular flexibility index (Phi) is 4.73. The Balaban J connectivity index is 1.82. The lowest BCUT2D eigenvalue weighted by Crippen LogP contribution is -2.20. The number of pyridine rings is 1. The number of halogens is 1. The third-order valence-electron chi connectivity index (χ3n) is 3.32. The highest BCUT2D eigenvalue weighted by Gasteiger charge is 2.13. The molecule has 1 aromatic carbocycles. The topological polar surface area (TPSA) is 75.6 Å². The molecule has 2 N–H and O–H groups in total. The van der Waals surface area contributed by atoms with Crippen molar-refractivity contribution in [2.75, 3.05) is 5.32 Å². The molecule has 0 atom stereocenters. The number of aryl methyl sites for hydroxylation is 1. The fourth-order valence-electron chi connectivity index (χ4n) is 2.22. The van der Waals surface area contributed by atoms with Gasteiger partial charge in [-0.3, -0.25) is 14.5 Å². The Morgan fingerprint density at radius 2 is 2.04 bits per heavy atom. The molecular formula is C16H14ClN5OS. The van der Waals surface area contributed by atoms with Crippen molar-refractivity contribution in [3.05, 3.63) is 58.0 Å². The number of aromatic amines is 1. The van der Waals surface area contributed by atoms with Crippen LogP contribution in [0, 0.1) is 11.7 Å². The van der Waals surface area contributed by atoms with Crippen LogP contribution in [-0.4, -0.2) is 25.7 Å². The van der Waals surface area contributed by atoms with E-state index in [0.29, 0.717) is 21.4 Å². The third kappa shape index (κ3) is 3.69. The van der Waals surface area contributed by atoms with Gasteiger partial charge in [0.1, 0.15) is 12.4 Å². The zero-order valence-corrected chi connectivity index (χ0v) is 14.4. The van der Waals surface area contributed by atoms with Crippen molar-refractivity contribution in [2.45, 2.75) is 13.5 Å². The highest BCUT2D eigenvalue weighted by atomic mass is 35.5. The molecule has 2 heterocycles. The van der Waals surface area contributed by atoms with E-state index < -0.39 is 0 Å². The molecule has 0 spiro atoms. The molecule has 3 aromatic rings. The second-order valence-corrected chi connectivity index (χ2v) is 5.98. The van der Waals surface area contributed by atoms with Gasteiger partial charge >= 0.3 is 0 Å². The van der Waals surface area contributed by atoms with Crippen molar-refractivity contribution in [2.24, 2.45) is 0 Å². The summed E-state index contributed by atoms with van der Waals surface area (Å²) < 4.78 is 2.00. The number of rotatable bonds is 4. The number of nitrogens with one attached hydrogen (secondary N) is 2. The quantitative estimate of drug-likeness (QED) is 0.698. The average molecular weight is 360 g/mol. The predicted molar refractivity (Wildman–Crippen MR) is 95.5 cm³/mol. The van der Waals surface area contributed by atoms with Crippen molar-refractivity contribution >= 4 is 35.5 Å². The summed E-state index contributed by atoms with van der Waals surface area (Å²) in [7, 11) is 0. The van der Waals surface area contributed by atoms with Gasteiger partial charge in [-0.25, -0.2) is 4.98 Å². The molecule has 0 unspecified atom stereocenters. The lowest BCUT2D eigenvalue weighted by atomic mass is 10.2. The Bertz CT molecular complexity index is 932. The summed E-state index contributed by atoms with van der Waals surface area (Å²) in [6.45, 7) is 1.89. The number of hydrogen-bond donors (Lipinski definition) is 2. The molecule has 0 saturated carbocycles. The molecule has 0 radical (unpaired) electrons. The van der Waals surface area contributed by atoms with Gasteiger partial charge in [-0.1, -0.05) is 17.7 Å². The number of anilines is 1. The average Bonchev–Trinajstić information content (AvgIpc) is 2.89. The highest BCUT2D eigenvalue weighted by molar-refractivity contribution is 7.71. The second-order valence-electron chi connectivity index (χ2n) is 5.16. The number of benzene rings is 1. The van der Waals surface area contributed by atoms with Crippen molar-refractivity contribution in [3.63, 3.8) is 0 Å². The molecule has 0 bridgehead atoms. The van der Waals surface area contributed by atoms with Crippen LogP contribution in [0.2, 0.25) is 5.02 Å². The second kappa shape index (κ2) is 6.94. The first kappa shape index (κ1) is 16.4. The number of amides is 1. The van der Waals surface area contributed by atoms with Crippen molar-refractivity contribution in [1.29, 1.82) is 0 Å². The molecule has 122 valence electrons. The molecule has 0 fully saturated rings. The lowest BCUT2D eigenvalue weighted by molar-refractivity contribution is -0.116. The predicted octanol–water partition coefficient (Wildman–Crippen LogP) is 3.60. The zero-order chi connectivity index (χ0) is 17.1. The number of carbonyl (C=O) groups is 1. The Labute approximate surface area is 148 Å². The van der Waals surface area contributed by atoms with Gasteiger partial charge in [-0.15, -0.1) is 0 Å². The summed E-state index contributed by atoms with van der Waals surface area (Å²) in [6.07, 6.45) is 0. The standard InChI is InChI=1S/C16H14ClN5OS/c1-10-3-2-4-13(18-10)19-14(23)9-22-15(20-21-16(22)24)11-5-7-12(17)8-6-11/h2-8H,9H2,1H3,(H,21,24)(H,18,19,23). The third-order valence-corrected chi connectivity index (χ3v) is 3.88. The molecule has 1 amide bonds. The van der Waals surface area contributed by atoms with Crippen LogP contribution in [0.1, 0.15) is 5.69 Å². The van der Waals surface area contributed by atoms with E-state index in [-0.39, 0.29) is 12.5 Å². The molecule has 0 aliphatic carbocycles. The van der Waals surface area contributed by atoms with E-state index in [1.54, 1.807) is 22.8 Å². The first-order valence-corrected chi connectivity index (χ1v) is 7.96. The monoisotopic (exact) mass is 359 g/mol. The van der Waals surface area contributed by atoms with E-state index in [2.05, 4.69) is 20.5 Å². The molecule has 24 heavy (non-hydrogen) atoms. The minimum absolute atomic E-state index is 0.0307. The zero-order valence-electron chi connectivity index (χ0n) is 12.8. The molecule has 3 rings (SSSR count). The summed E-state index contributed by atoms with van der Waals surface area (Å²) >= 11 is 11.1. The SMILES string of the molecule is Cc1cccc(NC(=O)Cn2c(-c3ccc(Cl)cc3)n[nH]c2=S)n1. The van der Waals surface area contributed by atoms with Gasteiger partial charge in [0.15, 0.2) is 10.6 Å². The van der Waals surface area contributed by atoms with E-state index in [1.165, 1.54) is 0 Å². The molecule has 2 aromatic heterocycles. The highest BCUT2D eigenvalue weighted by Crippen LogP contribution is 2.20. The van der Waals surface area contributed by atoms with Crippen LogP contribution < -0.4 is 5.32 Å². The summed E-state index contributed by atoms with van der Waals surface area (Å²) in [5.74, 6) is 0.841. The molecular weight excluding hydrogens is 346 g/mol. The lowest BCUT2D eigenvalue weighted by Gasteiger charge is -2.08. The fraction of sp³-hybridized carbons (Fsp3) is 0.125. The molecule has 6 nitrogen and oxygen atoms in total. The smallest absolute Gasteiger partial charge is 0.245 e. The van der Waals surface area contributed by atoms with Gasteiger partial charge in [-0.2, -0.15) is 5.10 Å². The summed E-state index contributed by atoms with van der Waals surface area (Å²) in [4.78, 5) is 16.5. The van der Waals surface area contributed by atoms with Gasteiger partial charge in [-0.05, 0) is 55.5 Å². The van der Waals surface area contributed by atoms with Gasteiger partial charge in [0, 0.05) is 16.3 Å². The Hall–Kier alpha value is -2.51. The summed E-state index contributed by atoms with van der Waals surface area (Å²) in [5, 5.41) is 10.3. The van der Waals surface area contributed by atoms with Crippen LogP contribution in [0.4, 0.5) is 5.82 Å². The maximum atomic E-state index is 12.3. The number of nitrogens with zero attached hydrogens (tertiary/aromatic N) is 3. The largest absolute Gasteiger partial charge is 0.309 e. The number of aromatic nitrogens is 4. The van der Waals surface area contributed by atoms with Crippen LogP contribution in [0.15, 0.2) is 42.5 Å². The van der Waals surface area contributed by atoms with Gasteiger partial charge < -0.3 is 5.32 Å².